The molecule has 0 bridgehead atoms. The van der Waals surface area contributed by atoms with Crippen LogP contribution in [0.2, 0.25) is 0 Å². The predicted octanol–water partition coefficient (Wildman–Crippen LogP) is 3.73. The van der Waals surface area contributed by atoms with E-state index in [9.17, 15) is 9.59 Å². The van der Waals surface area contributed by atoms with Gasteiger partial charge in [-0.1, -0.05) is 13.8 Å². The zero-order valence-electron chi connectivity index (χ0n) is 12.3. The average molecular weight is 412 g/mol. The first-order valence-electron chi connectivity index (χ1n) is 6.89. The van der Waals surface area contributed by atoms with Gasteiger partial charge in [-0.25, -0.2) is 0 Å². The Morgan fingerprint density at radius 3 is 2.59 bits per heavy atom. The van der Waals surface area contributed by atoms with E-state index in [2.05, 4.69) is 38.6 Å². The van der Waals surface area contributed by atoms with Crippen LogP contribution in [0.4, 0.5) is 0 Å². The molecule has 2 aromatic heterocycles. The zero-order chi connectivity index (χ0) is 16.3. The van der Waals surface area contributed by atoms with E-state index in [1.807, 2.05) is 32.0 Å². The van der Waals surface area contributed by atoms with Crippen molar-refractivity contribution in [1.82, 2.24) is 9.97 Å². The fraction of sp³-hybridized carbons (Fsp3) is 0.250. The van der Waals surface area contributed by atoms with Crippen molar-refractivity contribution >= 4 is 50.4 Å². The Labute approximate surface area is 140 Å². The van der Waals surface area contributed by atoms with Gasteiger partial charge < -0.3 is 15.1 Å². The number of hydrogen-bond acceptors (Lipinski definition) is 2. The molecule has 0 saturated heterocycles. The highest BCUT2D eigenvalue weighted by molar-refractivity contribution is 14.1. The Morgan fingerprint density at radius 1 is 1.27 bits per heavy atom. The van der Waals surface area contributed by atoms with E-state index in [4.69, 9.17) is 5.11 Å². The van der Waals surface area contributed by atoms with Gasteiger partial charge in [-0.05, 0) is 52.8 Å². The number of pyridine rings is 1. The number of hydrogen-bond donors (Lipinski definition) is 3. The first-order chi connectivity index (χ1) is 10.4. The lowest BCUT2D eigenvalue weighted by atomic mass is 10.1. The molecule has 2 heterocycles. The molecule has 0 fully saturated rings. The van der Waals surface area contributed by atoms with Gasteiger partial charge in [0, 0.05) is 32.5 Å². The number of rotatable bonds is 2. The number of carboxylic acids is 1. The topological polar surface area (TPSA) is 85.9 Å². The monoisotopic (exact) mass is 412 g/mol. The van der Waals surface area contributed by atoms with Crippen LogP contribution in [0.5, 0.6) is 0 Å². The van der Waals surface area contributed by atoms with Gasteiger partial charge in [-0.15, -0.1) is 0 Å². The lowest BCUT2D eigenvalue weighted by Crippen LogP contribution is -2.05. The van der Waals surface area contributed by atoms with Crippen LogP contribution in [0, 0.1) is 9.49 Å². The van der Waals surface area contributed by atoms with Crippen molar-refractivity contribution in [3.8, 4) is 0 Å². The summed E-state index contributed by atoms with van der Waals surface area (Å²) in [6, 6.07) is 7.92. The minimum absolute atomic E-state index is 0.0660. The minimum atomic E-state index is -0.713. The van der Waals surface area contributed by atoms with Crippen molar-refractivity contribution in [3.63, 3.8) is 0 Å². The normalized spacial score (nSPS) is 10.7. The molecule has 0 unspecified atom stereocenters. The third-order valence-corrected chi connectivity index (χ3v) is 3.75. The molecule has 3 aromatic rings. The standard InChI is InChI=1S/C11H7IN2O.C5H10O2/c12-6-1-2-9-8(5-6)7-3-4-13-10(7)11(15)14-9;1-4(2)3-5(6)7/h1-5,13H,(H,14,15);4H,3H2,1-2H3,(H,6,7). The highest BCUT2D eigenvalue weighted by atomic mass is 127. The number of carboxylic acid groups (broad SMARTS) is 1. The van der Waals surface area contributed by atoms with Crippen molar-refractivity contribution in [3.05, 3.63) is 44.4 Å². The lowest BCUT2D eigenvalue weighted by Gasteiger charge is -2.00. The summed E-state index contributed by atoms with van der Waals surface area (Å²) in [5, 5.41) is 10.1. The van der Waals surface area contributed by atoms with Crippen LogP contribution in [0.25, 0.3) is 21.8 Å². The second-order valence-corrected chi connectivity index (χ2v) is 6.65. The average Bonchev–Trinajstić information content (AvgIpc) is 2.89. The van der Waals surface area contributed by atoms with Crippen LogP contribution in [-0.4, -0.2) is 21.0 Å². The predicted molar refractivity (Wildman–Crippen MR) is 96.2 cm³/mol. The number of halogens is 1. The SMILES string of the molecule is CC(C)CC(=O)O.O=c1[nH]c2ccc(I)cc2c2cc[nH]c12. The van der Waals surface area contributed by atoms with Gasteiger partial charge in [0.25, 0.3) is 5.56 Å². The van der Waals surface area contributed by atoms with Crippen LogP contribution >= 0.6 is 22.6 Å². The van der Waals surface area contributed by atoms with E-state index in [0.717, 1.165) is 19.9 Å². The zero-order valence-corrected chi connectivity index (χ0v) is 14.5. The Balaban J connectivity index is 0.000000217. The number of aromatic nitrogens is 2. The van der Waals surface area contributed by atoms with Crippen molar-refractivity contribution in [2.24, 2.45) is 5.92 Å². The molecule has 6 heteroatoms. The third kappa shape index (κ3) is 3.88. The molecule has 3 rings (SSSR count). The van der Waals surface area contributed by atoms with Crippen molar-refractivity contribution in [2.75, 3.05) is 0 Å². The Hall–Kier alpha value is -1.83. The van der Waals surface area contributed by atoms with Gasteiger partial charge in [0.2, 0.25) is 0 Å². The summed E-state index contributed by atoms with van der Waals surface area (Å²) in [6.07, 6.45) is 2.07. The summed E-state index contributed by atoms with van der Waals surface area (Å²) in [5.41, 5.74) is 1.46. The number of aliphatic carboxylic acids is 1. The Morgan fingerprint density at radius 2 is 2.00 bits per heavy atom. The molecule has 5 nitrogen and oxygen atoms in total. The number of fused-ring (bicyclic) bond motifs is 3. The summed E-state index contributed by atoms with van der Waals surface area (Å²) < 4.78 is 1.16. The van der Waals surface area contributed by atoms with E-state index in [1.54, 1.807) is 6.20 Å². The summed E-state index contributed by atoms with van der Waals surface area (Å²) >= 11 is 2.27. The molecule has 0 aliphatic carbocycles. The fourth-order valence-corrected chi connectivity index (χ4v) is 2.66. The summed E-state index contributed by atoms with van der Waals surface area (Å²) in [4.78, 5) is 27.3. The van der Waals surface area contributed by atoms with Gasteiger partial charge in [-0.2, -0.15) is 0 Å². The van der Waals surface area contributed by atoms with Gasteiger partial charge >= 0.3 is 5.97 Å². The number of aromatic amines is 2. The molecule has 1 aromatic carbocycles. The molecule has 0 aliphatic rings. The van der Waals surface area contributed by atoms with Crippen LogP contribution in [0.15, 0.2) is 35.3 Å². The third-order valence-electron chi connectivity index (χ3n) is 3.08. The van der Waals surface area contributed by atoms with Gasteiger partial charge in [0.1, 0.15) is 5.52 Å². The van der Waals surface area contributed by atoms with E-state index < -0.39 is 5.97 Å². The second kappa shape index (κ2) is 6.95. The van der Waals surface area contributed by atoms with Gasteiger partial charge in [-0.3, -0.25) is 9.59 Å². The quantitative estimate of drug-likeness (QED) is 0.561. The van der Waals surface area contributed by atoms with Gasteiger partial charge in [0.15, 0.2) is 0 Å². The molecule has 3 N–H and O–H groups in total. The van der Waals surface area contributed by atoms with Crippen molar-refractivity contribution in [2.45, 2.75) is 20.3 Å². The minimum Gasteiger partial charge on any atom is -0.481 e. The van der Waals surface area contributed by atoms with Gasteiger partial charge in [0.05, 0.1) is 0 Å². The van der Waals surface area contributed by atoms with Crippen LogP contribution < -0.4 is 5.56 Å². The molecule has 0 amide bonds. The molecule has 0 radical (unpaired) electrons. The van der Waals surface area contributed by atoms with E-state index in [0.29, 0.717) is 5.52 Å². The fourth-order valence-electron chi connectivity index (χ4n) is 2.16. The first-order valence-corrected chi connectivity index (χ1v) is 7.96. The molecule has 0 saturated carbocycles. The molecule has 0 spiro atoms. The van der Waals surface area contributed by atoms with E-state index in [-0.39, 0.29) is 17.9 Å². The number of nitrogens with one attached hydrogen (secondary N) is 2. The largest absolute Gasteiger partial charge is 0.481 e. The molecule has 22 heavy (non-hydrogen) atoms. The highest BCUT2D eigenvalue weighted by Crippen LogP contribution is 2.22. The van der Waals surface area contributed by atoms with Crippen LogP contribution in [0.1, 0.15) is 20.3 Å². The lowest BCUT2D eigenvalue weighted by molar-refractivity contribution is -0.137. The first kappa shape index (κ1) is 16.5. The van der Waals surface area contributed by atoms with Crippen LogP contribution in [0.3, 0.4) is 0 Å². The van der Waals surface area contributed by atoms with E-state index >= 15 is 0 Å². The summed E-state index contributed by atoms with van der Waals surface area (Å²) in [7, 11) is 0. The second-order valence-electron chi connectivity index (χ2n) is 5.40. The molecule has 116 valence electrons. The van der Waals surface area contributed by atoms with Crippen LogP contribution in [-0.2, 0) is 4.79 Å². The summed E-state index contributed by atoms with van der Waals surface area (Å²) in [5.74, 6) is -0.438. The number of benzene rings is 1. The maximum atomic E-state index is 11.7. The molecular formula is C16H17IN2O3. The van der Waals surface area contributed by atoms with Crippen molar-refractivity contribution in [1.29, 1.82) is 0 Å². The number of carbonyl (C=O) groups is 1. The Kier molecular flexibility index (Phi) is 5.23. The molecule has 0 aliphatic heterocycles. The van der Waals surface area contributed by atoms with E-state index in [1.165, 1.54) is 0 Å². The highest BCUT2D eigenvalue weighted by Gasteiger charge is 2.05. The number of H-pyrrole nitrogens is 2. The maximum absolute atomic E-state index is 11.7. The summed E-state index contributed by atoms with van der Waals surface area (Å²) in [6.45, 7) is 3.77. The Bertz CT molecular complexity index is 865. The van der Waals surface area contributed by atoms with Crippen molar-refractivity contribution < 1.29 is 9.90 Å². The maximum Gasteiger partial charge on any atom is 0.303 e. The molecule has 0 atom stereocenters. The smallest absolute Gasteiger partial charge is 0.303 e. The molecular weight excluding hydrogens is 395 g/mol.